The summed E-state index contributed by atoms with van der Waals surface area (Å²) in [4.78, 5) is 4.28. The molecule has 0 amide bonds. The summed E-state index contributed by atoms with van der Waals surface area (Å²) in [5.41, 5.74) is 2.56. The third-order valence-corrected chi connectivity index (χ3v) is 3.44. The Balaban J connectivity index is 2.41. The second kappa shape index (κ2) is 6.26. The van der Waals surface area contributed by atoms with E-state index in [0.717, 1.165) is 22.3 Å². The molecule has 1 N–H and O–H groups in total. The molecule has 1 atom stereocenters. The van der Waals surface area contributed by atoms with Gasteiger partial charge < -0.3 is 5.32 Å². The molecule has 0 aliphatic carbocycles. The largest absolute Gasteiger partial charge is 0.306 e. The van der Waals surface area contributed by atoms with Crippen LogP contribution in [0, 0.1) is 12.7 Å². The fraction of sp³-hybridized carbons (Fsp3) is 0.267. The Labute approximate surface area is 121 Å². The maximum atomic E-state index is 14.1. The molecule has 0 fully saturated rings. The minimum atomic E-state index is -0.221. The number of nitrogens with zero attached hydrogens (tertiary/aromatic N) is 1. The van der Waals surface area contributed by atoms with Gasteiger partial charge in [-0.3, -0.25) is 4.98 Å². The first-order chi connectivity index (χ1) is 9.11. The Hall–Kier alpha value is -1.26. The molecule has 1 unspecified atom stereocenters. The lowest BCUT2D eigenvalue weighted by molar-refractivity contribution is 0.557. The van der Waals surface area contributed by atoms with Gasteiger partial charge in [-0.15, -0.1) is 0 Å². The first kappa shape index (κ1) is 14.2. The minimum absolute atomic E-state index is 0.175. The SMILES string of the molecule is CCNC(c1ccc(C)nc1)c1ccc(Br)cc1F. The molecule has 19 heavy (non-hydrogen) atoms. The van der Waals surface area contributed by atoms with Crippen molar-refractivity contribution in [3.8, 4) is 0 Å². The Morgan fingerprint density at radius 2 is 2.11 bits per heavy atom. The topological polar surface area (TPSA) is 24.9 Å². The smallest absolute Gasteiger partial charge is 0.129 e. The summed E-state index contributed by atoms with van der Waals surface area (Å²) in [6, 6.07) is 8.89. The van der Waals surface area contributed by atoms with E-state index in [1.54, 1.807) is 12.3 Å². The van der Waals surface area contributed by atoms with Gasteiger partial charge >= 0.3 is 0 Å². The second-order valence-corrected chi connectivity index (χ2v) is 5.31. The standard InChI is InChI=1S/C15H16BrFN2/c1-3-18-15(11-5-4-10(2)19-9-11)13-7-6-12(16)8-14(13)17/h4-9,15,18H,3H2,1-2H3. The molecule has 0 aliphatic heterocycles. The average molecular weight is 323 g/mol. The zero-order valence-corrected chi connectivity index (χ0v) is 12.5. The van der Waals surface area contributed by atoms with E-state index < -0.39 is 0 Å². The third kappa shape index (κ3) is 3.39. The van der Waals surface area contributed by atoms with Crippen molar-refractivity contribution in [1.82, 2.24) is 10.3 Å². The van der Waals surface area contributed by atoms with Crippen LogP contribution in [0.2, 0.25) is 0 Å². The van der Waals surface area contributed by atoms with Crippen LogP contribution >= 0.6 is 15.9 Å². The maximum Gasteiger partial charge on any atom is 0.129 e. The molecule has 1 aromatic carbocycles. The quantitative estimate of drug-likeness (QED) is 0.920. The molecular formula is C15H16BrFN2. The number of halogens is 2. The van der Waals surface area contributed by atoms with Gasteiger partial charge in [0.1, 0.15) is 5.82 Å². The Kier molecular flexibility index (Phi) is 4.66. The lowest BCUT2D eigenvalue weighted by atomic mass is 9.99. The van der Waals surface area contributed by atoms with E-state index in [1.165, 1.54) is 6.07 Å². The van der Waals surface area contributed by atoms with Crippen LogP contribution in [-0.4, -0.2) is 11.5 Å². The van der Waals surface area contributed by atoms with Crippen LogP contribution in [0.15, 0.2) is 41.0 Å². The molecule has 0 spiro atoms. The number of pyridine rings is 1. The van der Waals surface area contributed by atoms with Crippen molar-refractivity contribution < 1.29 is 4.39 Å². The van der Waals surface area contributed by atoms with Crippen LogP contribution in [0.4, 0.5) is 4.39 Å². The molecule has 0 aliphatic rings. The molecule has 0 saturated heterocycles. The summed E-state index contributed by atoms with van der Waals surface area (Å²) in [7, 11) is 0. The minimum Gasteiger partial charge on any atom is -0.306 e. The van der Waals surface area contributed by atoms with Gasteiger partial charge in [0.05, 0.1) is 6.04 Å². The number of hydrogen-bond acceptors (Lipinski definition) is 2. The molecule has 2 aromatic rings. The highest BCUT2D eigenvalue weighted by atomic mass is 79.9. The van der Waals surface area contributed by atoms with Gasteiger partial charge in [0, 0.05) is 21.9 Å². The Bertz CT molecular complexity index is 555. The number of aromatic nitrogens is 1. The highest BCUT2D eigenvalue weighted by Crippen LogP contribution is 2.26. The molecule has 4 heteroatoms. The molecular weight excluding hydrogens is 307 g/mol. The summed E-state index contributed by atoms with van der Waals surface area (Å²) in [6.07, 6.45) is 1.80. The number of hydrogen-bond donors (Lipinski definition) is 1. The lowest BCUT2D eigenvalue weighted by Gasteiger charge is -2.19. The van der Waals surface area contributed by atoms with E-state index in [4.69, 9.17) is 0 Å². The van der Waals surface area contributed by atoms with Gasteiger partial charge in [-0.25, -0.2) is 4.39 Å². The fourth-order valence-corrected chi connectivity index (χ4v) is 2.33. The van der Waals surface area contributed by atoms with Gasteiger partial charge in [-0.2, -0.15) is 0 Å². The first-order valence-corrected chi connectivity index (χ1v) is 7.02. The van der Waals surface area contributed by atoms with E-state index in [0.29, 0.717) is 5.56 Å². The predicted molar refractivity (Wildman–Crippen MR) is 78.6 cm³/mol. The van der Waals surface area contributed by atoms with Gasteiger partial charge in [-0.05, 0) is 37.2 Å². The normalized spacial score (nSPS) is 12.4. The van der Waals surface area contributed by atoms with Crippen LogP contribution in [0.25, 0.3) is 0 Å². The van der Waals surface area contributed by atoms with E-state index >= 15 is 0 Å². The van der Waals surface area contributed by atoms with Crippen molar-refractivity contribution in [2.24, 2.45) is 0 Å². The number of rotatable bonds is 4. The van der Waals surface area contributed by atoms with Crippen LogP contribution < -0.4 is 5.32 Å². The Morgan fingerprint density at radius 1 is 1.32 bits per heavy atom. The van der Waals surface area contributed by atoms with Crippen molar-refractivity contribution in [1.29, 1.82) is 0 Å². The zero-order chi connectivity index (χ0) is 13.8. The average Bonchev–Trinajstić information content (AvgIpc) is 2.38. The van der Waals surface area contributed by atoms with Crippen LogP contribution in [0.1, 0.15) is 29.8 Å². The summed E-state index contributed by atoms with van der Waals surface area (Å²) in [5, 5.41) is 3.30. The first-order valence-electron chi connectivity index (χ1n) is 6.22. The summed E-state index contributed by atoms with van der Waals surface area (Å²) in [5.74, 6) is -0.221. The van der Waals surface area contributed by atoms with Crippen LogP contribution in [0.3, 0.4) is 0 Å². The van der Waals surface area contributed by atoms with Crippen molar-refractivity contribution >= 4 is 15.9 Å². The van der Waals surface area contributed by atoms with Crippen LogP contribution in [0.5, 0.6) is 0 Å². The van der Waals surface area contributed by atoms with Crippen molar-refractivity contribution in [2.45, 2.75) is 19.9 Å². The molecule has 2 nitrogen and oxygen atoms in total. The maximum absolute atomic E-state index is 14.1. The highest BCUT2D eigenvalue weighted by Gasteiger charge is 2.17. The molecule has 0 saturated carbocycles. The Morgan fingerprint density at radius 3 is 2.68 bits per heavy atom. The van der Waals surface area contributed by atoms with Gasteiger partial charge in [0.25, 0.3) is 0 Å². The van der Waals surface area contributed by atoms with Crippen LogP contribution in [-0.2, 0) is 0 Å². The van der Waals surface area contributed by atoms with E-state index in [2.05, 4.69) is 26.2 Å². The molecule has 1 heterocycles. The van der Waals surface area contributed by atoms with E-state index in [1.807, 2.05) is 32.0 Å². The molecule has 0 radical (unpaired) electrons. The van der Waals surface area contributed by atoms with Crippen molar-refractivity contribution in [3.05, 3.63) is 63.6 Å². The summed E-state index contributed by atoms with van der Waals surface area (Å²) >= 11 is 3.28. The predicted octanol–water partition coefficient (Wildman–Crippen LogP) is 3.99. The monoisotopic (exact) mass is 322 g/mol. The zero-order valence-electron chi connectivity index (χ0n) is 11.0. The van der Waals surface area contributed by atoms with Gasteiger partial charge in [0.2, 0.25) is 0 Å². The second-order valence-electron chi connectivity index (χ2n) is 4.39. The van der Waals surface area contributed by atoms with Crippen molar-refractivity contribution in [2.75, 3.05) is 6.54 Å². The van der Waals surface area contributed by atoms with E-state index in [-0.39, 0.29) is 11.9 Å². The number of benzene rings is 1. The van der Waals surface area contributed by atoms with E-state index in [9.17, 15) is 4.39 Å². The number of nitrogens with one attached hydrogen (secondary N) is 1. The number of aryl methyl sites for hydroxylation is 1. The summed E-state index contributed by atoms with van der Waals surface area (Å²) < 4.78 is 14.8. The third-order valence-electron chi connectivity index (χ3n) is 2.95. The summed E-state index contributed by atoms with van der Waals surface area (Å²) in [6.45, 7) is 4.70. The molecule has 2 rings (SSSR count). The molecule has 0 bridgehead atoms. The van der Waals surface area contributed by atoms with Gasteiger partial charge in [0.15, 0.2) is 0 Å². The highest BCUT2D eigenvalue weighted by molar-refractivity contribution is 9.10. The molecule has 100 valence electrons. The van der Waals surface area contributed by atoms with Gasteiger partial charge in [-0.1, -0.05) is 35.0 Å². The van der Waals surface area contributed by atoms with Crippen molar-refractivity contribution in [3.63, 3.8) is 0 Å². The fourth-order valence-electron chi connectivity index (χ4n) is 2.00. The molecule has 1 aromatic heterocycles. The lowest BCUT2D eigenvalue weighted by Crippen LogP contribution is -2.23.